The van der Waals surface area contributed by atoms with Gasteiger partial charge in [-0.25, -0.2) is 9.50 Å². The van der Waals surface area contributed by atoms with Crippen molar-refractivity contribution in [1.29, 1.82) is 0 Å². The van der Waals surface area contributed by atoms with Gasteiger partial charge in [-0.05, 0) is 24.3 Å². The molecule has 0 bridgehead atoms. The molecule has 0 aliphatic rings. The maximum absolute atomic E-state index is 9.65. The van der Waals surface area contributed by atoms with Crippen molar-refractivity contribution in [2.45, 2.75) is 13.2 Å². The number of hydrogen-bond donors (Lipinski definition) is 1. The first-order chi connectivity index (χ1) is 11.3. The van der Waals surface area contributed by atoms with Gasteiger partial charge in [-0.1, -0.05) is 29.5 Å². The molecule has 0 amide bonds. The van der Waals surface area contributed by atoms with Crippen LogP contribution in [0.15, 0.2) is 53.1 Å². The predicted octanol–water partition coefficient (Wildman–Crippen LogP) is 3.12. The Morgan fingerprint density at radius 1 is 1.17 bits per heavy atom. The van der Waals surface area contributed by atoms with E-state index in [0.717, 1.165) is 10.8 Å². The van der Waals surface area contributed by atoms with Crippen molar-refractivity contribution in [1.82, 2.24) is 14.6 Å². The highest BCUT2D eigenvalue weighted by atomic mass is 32.1. The number of fused-ring (bicyclic) bond motifs is 1. The van der Waals surface area contributed by atoms with E-state index in [9.17, 15) is 5.11 Å². The Kier molecular flexibility index (Phi) is 3.57. The van der Waals surface area contributed by atoms with Crippen LogP contribution >= 0.6 is 11.3 Å². The smallest absolute Gasteiger partial charge is 0.213 e. The van der Waals surface area contributed by atoms with E-state index >= 15 is 0 Å². The molecule has 0 radical (unpaired) electrons. The molecule has 6 nitrogen and oxygen atoms in total. The van der Waals surface area contributed by atoms with Crippen LogP contribution < -0.4 is 4.74 Å². The second kappa shape index (κ2) is 5.86. The van der Waals surface area contributed by atoms with Crippen molar-refractivity contribution in [3.63, 3.8) is 0 Å². The van der Waals surface area contributed by atoms with Crippen LogP contribution in [0, 0.1) is 0 Å². The molecular formula is C16H13N3O3S. The highest BCUT2D eigenvalue weighted by molar-refractivity contribution is 7.16. The minimum Gasteiger partial charge on any atom is -0.486 e. The predicted molar refractivity (Wildman–Crippen MR) is 85.3 cm³/mol. The van der Waals surface area contributed by atoms with Crippen LogP contribution in [0.5, 0.6) is 5.75 Å². The lowest BCUT2D eigenvalue weighted by molar-refractivity contribution is 0.273. The van der Waals surface area contributed by atoms with Crippen molar-refractivity contribution in [2.24, 2.45) is 0 Å². The number of furan rings is 1. The molecule has 0 unspecified atom stereocenters. The van der Waals surface area contributed by atoms with E-state index in [1.807, 2.05) is 36.4 Å². The minimum absolute atomic E-state index is 0.167. The minimum atomic E-state index is -0.167. The fraction of sp³-hybridized carbons (Fsp3) is 0.125. The Hall–Kier alpha value is -2.64. The summed E-state index contributed by atoms with van der Waals surface area (Å²) in [6.45, 7) is 0.193. The van der Waals surface area contributed by atoms with Gasteiger partial charge in [0.05, 0.1) is 12.9 Å². The molecular weight excluding hydrogens is 314 g/mol. The molecule has 0 fully saturated rings. The van der Waals surface area contributed by atoms with E-state index in [0.29, 0.717) is 28.7 Å². The van der Waals surface area contributed by atoms with E-state index in [4.69, 9.17) is 9.15 Å². The SMILES string of the molecule is OCc1c(-c2ccco2)nc2sc(COc3ccccc3)nn12. The van der Waals surface area contributed by atoms with Crippen molar-refractivity contribution < 1.29 is 14.3 Å². The zero-order chi connectivity index (χ0) is 15.6. The maximum atomic E-state index is 9.65. The molecule has 23 heavy (non-hydrogen) atoms. The molecule has 4 rings (SSSR count). The molecule has 116 valence electrons. The monoisotopic (exact) mass is 327 g/mol. The number of para-hydroxylation sites is 1. The zero-order valence-corrected chi connectivity index (χ0v) is 12.9. The number of aromatic nitrogens is 3. The van der Waals surface area contributed by atoms with Gasteiger partial charge in [0.25, 0.3) is 0 Å². The molecule has 0 saturated carbocycles. The van der Waals surface area contributed by atoms with Gasteiger partial charge in [0.2, 0.25) is 4.96 Å². The third-order valence-corrected chi connectivity index (χ3v) is 4.23. The van der Waals surface area contributed by atoms with E-state index in [-0.39, 0.29) is 6.61 Å². The topological polar surface area (TPSA) is 72.8 Å². The summed E-state index contributed by atoms with van der Waals surface area (Å²) in [5.74, 6) is 1.41. The van der Waals surface area contributed by atoms with Gasteiger partial charge < -0.3 is 14.3 Å². The van der Waals surface area contributed by atoms with Gasteiger partial charge in [0.15, 0.2) is 10.8 Å². The van der Waals surface area contributed by atoms with Gasteiger partial charge in [-0.15, -0.1) is 0 Å². The molecule has 0 aliphatic heterocycles. The van der Waals surface area contributed by atoms with E-state index < -0.39 is 0 Å². The first-order valence-electron chi connectivity index (χ1n) is 7.05. The fourth-order valence-electron chi connectivity index (χ4n) is 2.30. The zero-order valence-electron chi connectivity index (χ0n) is 12.0. The summed E-state index contributed by atoms with van der Waals surface area (Å²) in [6, 6.07) is 13.2. The van der Waals surface area contributed by atoms with Gasteiger partial charge in [-0.3, -0.25) is 0 Å². The van der Waals surface area contributed by atoms with Crippen molar-refractivity contribution in [3.8, 4) is 17.2 Å². The summed E-state index contributed by atoms with van der Waals surface area (Å²) in [6.07, 6.45) is 1.58. The van der Waals surface area contributed by atoms with Gasteiger partial charge in [-0.2, -0.15) is 5.10 Å². The summed E-state index contributed by atoms with van der Waals surface area (Å²) in [7, 11) is 0. The van der Waals surface area contributed by atoms with Crippen LogP contribution in [-0.2, 0) is 13.2 Å². The van der Waals surface area contributed by atoms with Crippen molar-refractivity contribution >= 4 is 16.3 Å². The third-order valence-electron chi connectivity index (χ3n) is 3.35. The Labute approximate surface area is 135 Å². The summed E-state index contributed by atoms with van der Waals surface area (Å²) in [4.78, 5) is 5.21. The molecule has 4 aromatic rings. The number of imidazole rings is 1. The maximum Gasteiger partial charge on any atom is 0.213 e. The first kappa shape index (κ1) is 14.0. The Morgan fingerprint density at radius 3 is 2.78 bits per heavy atom. The summed E-state index contributed by atoms with van der Waals surface area (Å²) in [5.41, 5.74) is 1.23. The molecule has 3 aromatic heterocycles. The lowest BCUT2D eigenvalue weighted by Crippen LogP contribution is -1.99. The fourth-order valence-corrected chi connectivity index (χ4v) is 3.13. The van der Waals surface area contributed by atoms with Crippen LogP contribution in [0.3, 0.4) is 0 Å². The Morgan fingerprint density at radius 2 is 2.04 bits per heavy atom. The third kappa shape index (κ3) is 2.60. The number of benzene rings is 1. The number of nitrogens with zero attached hydrogens (tertiary/aromatic N) is 3. The number of rotatable bonds is 5. The molecule has 7 heteroatoms. The summed E-state index contributed by atoms with van der Waals surface area (Å²) < 4.78 is 12.7. The van der Waals surface area contributed by atoms with Crippen LogP contribution in [0.25, 0.3) is 16.4 Å². The first-order valence-corrected chi connectivity index (χ1v) is 7.86. The molecule has 0 spiro atoms. The normalized spacial score (nSPS) is 11.2. The molecule has 1 N–H and O–H groups in total. The van der Waals surface area contributed by atoms with Gasteiger partial charge >= 0.3 is 0 Å². The number of ether oxygens (including phenoxy) is 1. The number of aliphatic hydroxyl groups excluding tert-OH is 1. The van der Waals surface area contributed by atoms with Crippen LogP contribution in [-0.4, -0.2) is 19.7 Å². The number of hydrogen-bond acceptors (Lipinski definition) is 6. The highest BCUT2D eigenvalue weighted by Crippen LogP contribution is 2.27. The van der Waals surface area contributed by atoms with Crippen LogP contribution in [0.1, 0.15) is 10.7 Å². The van der Waals surface area contributed by atoms with Crippen LogP contribution in [0.4, 0.5) is 0 Å². The molecule has 0 saturated heterocycles. The standard InChI is InChI=1S/C16H13N3O3S/c20-9-12-15(13-7-4-8-21-13)17-16-19(12)18-14(23-16)10-22-11-5-2-1-3-6-11/h1-8,20H,9-10H2. The molecule has 0 atom stereocenters. The van der Waals surface area contributed by atoms with Crippen LogP contribution in [0.2, 0.25) is 0 Å². The van der Waals surface area contributed by atoms with Gasteiger partial charge in [0, 0.05) is 0 Å². The average molecular weight is 327 g/mol. The second-order valence-electron chi connectivity index (χ2n) is 4.83. The van der Waals surface area contributed by atoms with Crippen molar-refractivity contribution in [2.75, 3.05) is 0 Å². The van der Waals surface area contributed by atoms with E-state index in [1.165, 1.54) is 11.3 Å². The lowest BCUT2D eigenvalue weighted by atomic mass is 10.3. The molecule has 0 aliphatic carbocycles. The number of aliphatic hydroxyl groups is 1. The Balaban J connectivity index is 1.63. The second-order valence-corrected chi connectivity index (χ2v) is 5.87. The quantitative estimate of drug-likeness (QED) is 0.610. The summed E-state index contributed by atoms with van der Waals surface area (Å²) >= 11 is 1.43. The summed E-state index contributed by atoms with van der Waals surface area (Å²) in [5, 5.41) is 14.9. The highest BCUT2D eigenvalue weighted by Gasteiger charge is 2.19. The van der Waals surface area contributed by atoms with Crippen molar-refractivity contribution in [3.05, 3.63) is 59.4 Å². The molecule has 1 aromatic carbocycles. The largest absolute Gasteiger partial charge is 0.486 e. The van der Waals surface area contributed by atoms with E-state index in [1.54, 1.807) is 16.8 Å². The van der Waals surface area contributed by atoms with Gasteiger partial charge in [0.1, 0.15) is 23.7 Å². The van der Waals surface area contributed by atoms with E-state index in [2.05, 4.69) is 10.1 Å². The average Bonchev–Trinajstić information content (AvgIpc) is 3.29. The Bertz CT molecular complexity index is 913. The molecule has 3 heterocycles. The lowest BCUT2D eigenvalue weighted by Gasteiger charge is -2.02.